The molecule has 0 spiro atoms. The predicted octanol–water partition coefficient (Wildman–Crippen LogP) is 4.16. The van der Waals surface area contributed by atoms with E-state index in [9.17, 15) is 33.5 Å². The lowest BCUT2D eigenvalue weighted by Crippen LogP contribution is -2.63. The molecule has 3 aromatic rings. The Kier molecular flexibility index (Phi) is 7.98. The van der Waals surface area contributed by atoms with Crippen molar-refractivity contribution in [3.63, 3.8) is 0 Å². The van der Waals surface area contributed by atoms with Crippen LogP contribution in [0, 0.1) is 23.0 Å². The SMILES string of the molecule is C[C@@H]1CN(CC(=O)N2CC(C)(C)c3ncc(Cc4ccc(F)cc4F)cc32)[C@@H](CN2Cc3ccc(C#N)cc3C2=O)CN1C(=O)O. The molecule has 1 fully saturated rings. The van der Waals surface area contributed by atoms with Crippen molar-refractivity contribution in [3.05, 3.63) is 93.8 Å². The summed E-state index contributed by atoms with van der Waals surface area (Å²) in [5.74, 6) is -1.74. The highest BCUT2D eigenvalue weighted by Crippen LogP contribution is 2.40. The highest BCUT2D eigenvalue weighted by molar-refractivity contribution is 5.99. The maximum absolute atomic E-state index is 14.4. The fourth-order valence-corrected chi connectivity index (χ4v) is 6.82. The number of rotatable bonds is 6. The first-order chi connectivity index (χ1) is 21.8. The average Bonchev–Trinajstić information content (AvgIpc) is 3.46. The van der Waals surface area contributed by atoms with Crippen molar-refractivity contribution in [1.82, 2.24) is 19.7 Å². The molecule has 10 nitrogen and oxygen atoms in total. The number of halogens is 2. The van der Waals surface area contributed by atoms with E-state index in [0.29, 0.717) is 47.6 Å². The van der Waals surface area contributed by atoms with E-state index < -0.39 is 29.2 Å². The fraction of sp³-hybridized carbons (Fsp3) is 0.382. The van der Waals surface area contributed by atoms with Gasteiger partial charge in [-0.05, 0) is 47.9 Å². The van der Waals surface area contributed by atoms with Gasteiger partial charge in [-0.15, -0.1) is 0 Å². The van der Waals surface area contributed by atoms with Gasteiger partial charge in [-0.2, -0.15) is 5.26 Å². The molecule has 0 aliphatic carbocycles. The zero-order valence-electron chi connectivity index (χ0n) is 25.8. The molecule has 2 atom stereocenters. The van der Waals surface area contributed by atoms with E-state index >= 15 is 0 Å². The number of nitrogens with zero attached hydrogens (tertiary/aromatic N) is 6. The molecule has 0 radical (unpaired) electrons. The second kappa shape index (κ2) is 11.8. The van der Waals surface area contributed by atoms with Crippen molar-refractivity contribution in [2.75, 3.05) is 37.6 Å². The Morgan fingerprint density at radius 3 is 2.63 bits per heavy atom. The summed E-state index contributed by atoms with van der Waals surface area (Å²) < 4.78 is 27.9. The summed E-state index contributed by atoms with van der Waals surface area (Å²) in [6.07, 6.45) is 0.767. The monoisotopic (exact) mass is 628 g/mol. The Bertz CT molecular complexity index is 1790. The van der Waals surface area contributed by atoms with E-state index in [1.54, 1.807) is 41.1 Å². The molecular formula is C34H34F2N6O4. The molecule has 0 bridgehead atoms. The molecule has 4 heterocycles. The summed E-state index contributed by atoms with van der Waals surface area (Å²) in [4.78, 5) is 50.7. The number of carbonyl (C=O) groups is 3. The molecule has 3 amide bonds. The number of hydrogen-bond donors (Lipinski definition) is 1. The van der Waals surface area contributed by atoms with Gasteiger partial charge in [-0.3, -0.25) is 19.5 Å². The first kappa shape index (κ1) is 31.1. The van der Waals surface area contributed by atoms with E-state index in [-0.39, 0.29) is 43.9 Å². The largest absolute Gasteiger partial charge is 0.465 e. The van der Waals surface area contributed by atoms with Crippen LogP contribution in [0.5, 0.6) is 0 Å². The quantitative estimate of drug-likeness (QED) is 0.435. The second-order valence-electron chi connectivity index (χ2n) is 13.0. The van der Waals surface area contributed by atoms with Crippen LogP contribution in [0.25, 0.3) is 0 Å². The first-order valence-corrected chi connectivity index (χ1v) is 15.1. The molecule has 1 saturated heterocycles. The molecule has 0 unspecified atom stereocenters. The number of fused-ring (bicyclic) bond motifs is 2. The van der Waals surface area contributed by atoms with Crippen LogP contribution in [-0.4, -0.2) is 87.5 Å². The van der Waals surface area contributed by atoms with E-state index in [0.717, 1.165) is 17.3 Å². The number of hydrogen-bond acceptors (Lipinski definition) is 6. The van der Waals surface area contributed by atoms with E-state index in [1.807, 2.05) is 24.8 Å². The molecule has 3 aliphatic heterocycles. The Balaban J connectivity index is 1.23. The number of aromatic nitrogens is 1. The number of amides is 3. The Morgan fingerprint density at radius 2 is 1.91 bits per heavy atom. The van der Waals surface area contributed by atoms with Crippen LogP contribution in [0.4, 0.5) is 19.3 Å². The highest BCUT2D eigenvalue weighted by atomic mass is 19.1. The summed E-state index contributed by atoms with van der Waals surface area (Å²) >= 11 is 0. The Hall–Kier alpha value is -4.89. The minimum Gasteiger partial charge on any atom is -0.465 e. The lowest BCUT2D eigenvalue weighted by Gasteiger charge is -2.45. The van der Waals surface area contributed by atoms with Crippen molar-refractivity contribution in [2.45, 2.75) is 51.2 Å². The minimum absolute atomic E-state index is 0.0115. The van der Waals surface area contributed by atoms with E-state index in [2.05, 4.69) is 11.1 Å². The lowest BCUT2D eigenvalue weighted by atomic mass is 9.91. The number of benzene rings is 2. The molecule has 12 heteroatoms. The van der Waals surface area contributed by atoms with Gasteiger partial charge in [0.25, 0.3) is 5.91 Å². The minimum atomic E-state index is -1.07. The van der Waals surface area contributed by atoms with Crippen molar-refractivity contribution in [2.24, 2.45) is 0 Å². The van der Waals surface area contributed by atoms with Gasteiger partial charge in [0.1, 0.15) is 11.6 Å². The number of anilines is 1. The zero-order chi connectivity index (χ0) is 32.9. The second-order valence-corrected chi connectivity index (χ2v) is 13.0. The standard InChI is InChI=1S/C34H34F2N6O4/c1-20-14-39(26(17-41(20)33(45)46)16-40-15-24-5-4-21(12-37)9-27(24)32(40)44)18-30(43)42-19-34(2,3)31-29(42)10-22(13-38-31)8-23-6-7-25(35)11-28(23)36/h4-7,9-11,13,20,26H,8,14-19H2,1-3H3,(H,45,46)/t20-,26+/m1/s1. The van der Waals surface area contributed by atoms with Crippen LogP contribution >= 0.6 is 0 Å². The predicted molar refractivity (Wildman–Crippen MR) is 164 cm³/mol. The Labute approximate surface area is 265 Å². The normalized spacial score (nSPS) is 20.4. The fourth-order valence-electron chi connectivity index (χ4n) is 6.82. The number of carboxylic acid groups (broad SMARTS) is 1. The van der Waals surface area contributed by atoms with Gasteiger partial charge >= 0.3 is 6.09 Å². The van der Waals surface area contributed by atoms with E-state index in [1.165, 1.54) is 17.0 Å². The number of piperazine rings is 1. The molecule has 0 saturated carbocycles. The van der Waals surface area contributed by atoms with E-state index in [4.69, 9.17) is 0 Å². The van der Waals surface area contributed by atoms with Crippen LogP contribution in [0.2, 0.25) is 0 Å². The molecule has 1 aromatic heterocycles. The Morgan fingerprint density at radius 1 is 1.13 bits per heavy atom. The van der Waals surface area contributed by atoms with Gasteiger partial charge in [-0.25, -0.2) is 13.6 Å². The zero-order valence-corrected chi connectivity index (χ0v) is 25.8. The summed E-state index contributed by atoms with van der Waals surface area (Å²) in [5.41, 5.74) is 3.55. The van der Waals surface area contributed by atoms with Gasteiger partial charge in [0, 0.05) is 74.5 Å². The van der Waals surface area contributed by atoms with Gasteiger partial charge in [0.05, 0.1) is 29.6 Å². The van der Waals surface area contributed by atoms with Crippen LogP contribution in [0.1, 0.15) is 59.1 Å². The molecule has 3 aliphatic rings. The number of pyridine rings is 1. The molecular weight excluding hydrogens is 594 g/mol. The average molecular weight is 629 g/mol. The molecule has 238 valence electrons. The number of nitriles is 1. The first-order valence-electron chi connectivity index (χ1n) is 15.1. The summed E-state index contributed by atoms with van der Waals surface area (Å²) in [5, 5.41) is 19.2. The lowest BCUT2D eigenvalue weighted by molar-refractivity contribution is -0.121. The van der Waals surface area contributed by atoms with Gasteiger partial charge in [0.15, 0.2) is 0 Å². The van der Waals surface area contributed by atoms with Crippen molar-refractivity contribution < 1.29 is 28.3 Å². The third kappa shape index (κ3) is 5.78. The third-order valence-corrected chi connectivity index (χ3v) is 9.21. The maximum Gasteiger partial charge on any atom is 0.407 e. The van der Waals surface area contributed by atoms with Crippen molar-refractivity contribution in [3.8, 4) is 6.07 Å². The number of carbonyl (C=O) groups excluding carboxylic acids is 2. The van der Waals surface area contributed by atoms with Crippen LogP contribution < -0.4 is 4.90 Å². The van der Waals surface area contributed by atoms with Gasteiger partial charge in [0.2, 0.25) is 5.91 Å². The van der Waals surface area contributed by atoms with Crippen LogP contribution in [0.3, 0.4) is 0 Å². The highest BCUT2D eigenvalue weighted by Gasteiger charge is 2.43. The topological polar surface area (TPSA) is 121 Å². The van der Waals surface area contributed by atoms with Gasteiger partial charge < -0.3 is 19.8 Å². The molecule has 2 aromatic carbocycles. The summed E-state index contributed by atoms with van der Waals surface area (Å²) in [6.45, 7) is 7.09. The molecule has 1 N–H and O–H groups in total. The third-order valence-electron chi connectivity index (χ3n) is 9.21. The molecule has 6 rings (SSSR count). The van der Waals surface area contributed by atoms with Crippen LogP contribution in [-0.2, 0) is 23.2 Å². The molecule has 46 heavy (non-hydrogen) atoms. The summed E-state index contributed by atoms with van der Waals surface area (Å²) in [7, 11) is 0. The summed E-state index contributed by atoms with van der Waals surface area (Å²) in [6, 6.07) is 11.5. The maximum atomic E-state index is 14.4. The van der Waals surface area contributed by atoms with Crippen LogP contribution in [0.15, 0.2) is 48.7 Å². The smallest absolute Gasteiger partial charge is 0.407 e. The van der Waals surface area contributed by atoms with Gasteiger partial charge in [-0.1, -0.05) is 26.0 Å². The van der Waals surface area contributed by atoms with Crippen molar-refractivity contribution in [1.29, 1.82) is 5.26 Å². The van der Waals surface area contributed by atoms with Crippen molar-refractivity contribution >= 4 is 23.6 Å².